The van der Waals surface area contributed by atoms with Gasteiger partial charge in [0.2, 0.25) is 5.91 Å². The Morgan fingerprint density at radius 3 is 1.28 bits per heavy atom. The summed E-state index contributed by atoms with van der Waals surface area (Å²) in [5, 5.41) is 14.0. The maximum atomic E-state index is 12.9. The molecule has 1 unspecified atom stereocenters. The van der Waals surface area contributed by atoms with E-state index in [0.717, 1.165) is 44.9 Å². The fourth-order valence-corrected chi connectivity index (χ4v) is 8.76. The van der Waals surface area contributed by atoms with Gasteiger partial charge in [0.15, 0.2) is 0 Å². The average Bonchev–Trinajstić information content (AvgIpc) is 3.21. The molecule has 0 aromatic rings. The Hall–Kier alpha value is -0.760. The number of hydrogen-bond donors (Lipinski definition) is 2. The number of allylic oxidation sites excluding steroid dienone is 2. The Balaban J connectivity index is 4.22. The molecule has 0 heterocycles. The van der Waals surface area contributed by atoms with Crippen LogP contribution in [0, 0.1) is 0 Å². The molecule has 0 aromatic heterocycles. The van der Waals surface area contributed by atoms with Gasteiger partial charge in [-0.1, -0.05) is 231 Å². The van der Waals surface area contributed by atoms with Crippen molar-refractivity contribution in [2.75, 3.05) is 40.9 Å². The highest BCUT2D eigenvalue weighted by atomic mass is 31.2. The number of aliphatic hydroxyl groups excluding tert-OH is 1. The molecule has 9 heteroatoms. The first-order valence-electron chi connectivity index (χ1n) is 26.5. The zero-order valence-corrected chi connectivity index (χ0v) is 42.3. The first-order valence-corrected chi connectivity index (χ1v) is 28.0. The van der Waals surface area contributed by atoms with Gasteiger partial charge in [0, 0.05) is 6.42 Å². The van der Waals surface area contributed by atoms with Gasteiger partial charge in [0.1, 0.15) is 13.2 Å². The SMILES string of the molecule is CCCCCCCCCCCCC/C=C/CCCC[C@@H](O)[C@H](COP(=O)([O-])OCC[N+](C)(C)C)NC(=O)CCCCCCCCCCCCCCCCCCCCCCCC. The highest BCUT2D eigenvalue weighted by molar-refractivity contribution is 7.45. The first-order chi connectivity index (χ1) is 29.5. The largest absolute Gasteiger partial charge is 0.756 e. The van der Waals surface area contributed by atoms with E-state index < -0.39 is 20.0 Å². The summed E-state index contributed by atoms with van der Waals surface area (Å²) in [5.41, 5.74) is 0. The third-order valence-corrected chi connectivity index (χ3v) is 13.2. The van der Waals surface area contributed by atoms with E-state index in [9.17, 15) is 19.4 Å². The molecule has 61 heavy (non-hydrogen) atoms. The Labute approximate surface area is 380 Å². The molecule has 0 radical (unpaired) electrons. The molecule has 0 aliphatic rings. The standard InChI is InChI=1S/C52H105N2O6P/c1-6-8-10-12-14-16-18-20-22-24-25-26-27-28-30-32-34-36-38-40-42-44-46-52(56)53-50(49-60-61(57,58)59-48-47-54(3,4)5)51(55)45-43-41-39-37-35-33-31-29-23-21-19-17-15-13-11-9-7-2/h35,37,50-51,55H,6-34,36,38-49H2,1-5H3,(H-,53,56,57,58)/b37-35+/t50-,51+/m0/s1. The molecular formula is C52H105N2O6P. The van der Waals surface area contributed by atoms with Gasteiger partial charge in [-0.3, -0.25) is 9.36 Å². The third kappa shape index (κ3) is 47.0. The van der Waals surface area contributed by atoms with Crippen LogP contribution in [-0.2, 0) is 18.4 Å². The van der Waals surface area contributed by atoms with Crippen molar-refractivity contribution in [3.05, 3.63) is 12.2 Å². The quantitative estimate of drug-likeness (QED) is 0.0273. The van der Waals surface area contributed by atoms with Crippen molar-refractivity contribution >= 4 is 13.7 Å². The number of aliphatic hydroxyl groups is 1. The van der Waals surface area contributed by atoms with Crippen molar-refractivity contribution in [1.82, 2.24) is 5.32 Å². The van der Waals surface area contributed by atoms with E-state index >= 15 is 0 Å². The lowest BCUT2D eigenvalue weighted by Crippen LogP contribution is -2.46. The Kier molecular flexibility index (Phi) is 43.9. The van der Waals surface area contributed by atoms with Gasteiger partial charge in [0.25, 0.3) is 7.82 Å². The number of amides is 1. The summed E-state index contributed by atoms with van der Waals surface area (Å²) in [6.07, 6.45) is 52.3. The molecule has 0 aromatic carbocycles. The average molecular weight is 885 g/mol. The van der Waals surface area contributed by atoms with Gasteiger partial charge in [0.05, 0.1) is 39.9 Å². The summed E-state index contributed by atoms with van der Waals surface area (Å²) in [4.78, 5) is 25.4. The van der Waals surface area contributed by atoms with Gasteiger partial charge >= 0.3 is 0 Å². The van der Waals surface area contributed by atoms with Crippen molar-refractivity contribution in [2.24, 2.45) is 0 Å². The summed E-state index contributed by atoms with van der Waals surface area (Å²) in [7, 11) is 1.30. The van der Waals surface area contributed by atoms with Crippen LogP contribution in [0.15, 0.2) is 12.2 Å². The minimum atomic E-state index is -4.57. The van der Waals surface area contributed by atoms with Crippen LogP contribution in [-0.4, -0.2) is 68.5 Å². The van der Waals surface area contributed by atoms with Gasteiger partial charge < -0.3 is 28.8 Å². The molecular weight excluding hydrogens is 780 g/mol. The van der Waals surface area contributed by atoms with Crippen molar-refractivity contribution in [3.8, 4) is 0 Å². The summed E-state index contributed by atoms with van der Waals surface area (Å²) in [6, 6.07) is -0.812. The van der Waals surface area contributed by atoms with Gasteiger partial charge in [-0.25, -0.2) is 0 Å². The van der Waals surface area contributed by atoms with Crippen LogP contribution >= 0.6 is 7.82 Å². The monoisotopic (exact) mass is 885 g/mol. The van der Waals surface area contributed by atoms with Crippen molar-refractivity contribution < 1.29 is 32.9 Å². The smallest absolute Gasteiger partial charge is 0.268 e. The van der Waals surface area contributed by atoms with Crippen molar-refractivity contribution in [1.29, 1.82) is 0 Å². The Morgan fingerprint density at radius 2 is 0.902 bits per heavy atom. The van der Waals surface area contributed by atoms with Crippen LogP contribution in [0.2, 0.25) is 0 Å². The zero-order chi connectivity index (χ0) is 45.0. The number of likely N-dealkylation sites (N-methyl/N-ethyl adjacent to an activating group) is 1. The number of quaternary nitrogens is 1. The second-order valence-electron chi connectivity index (χ2n) is 19.6. The lowest BCUT2D eigenvalue weighted by atomic mass is 10.0. The molecule has 0 bridgehead atoms. The lowest BCUT2D eigenvalue weighted by Gasteiger charge is -2.30. The number of carbonyl (C=O) groups excluding carboxylic acids is 1. The lowest BCUT2D eigenvalue weighted by molar-refractivity contribution is -0.870. The van der Waals surface area contributed by atoms with Crippen molar-refractivity contribution in [2.45, 2.75) is 276 Å². The predicted molar refractivity (Wildman–Crippen MR) is 261 cm³/mol. The summed E-state index contributed by atoms with van der Waals surface area (Å²) < 4.78 is 23.3. The molecule has 364 valence electrons. The fraction of sp³-hybridized carbons (Fsp3) is 0.942. The molecule has 0 aliphatic carbocycles. The molecule has 8 nitrogen and oxygen atoms in total. The number of hydrogen-bond acceptors (Lipinski definition) is 6. The second-order valence-corrected chi connectivity index (χ2v) is 21.0. The topological polar surface area (TPSA) is 108 Å². The first kappa shape index (κ1) is 60.2. The number of carbonyl (C=O) groups is 1. The number of unbranched alkanes of at least 4 members (excludes halogenated alkanes) is 34. The van der Waals surface area contributed by atoms with E-state index in [1.165, 1.54) is 193 Å². The van der Waals surface area contributed by atoms with Crippen LogP contribution in [0.1, 0.15) is 264 Å². The molecule has 0 saturated heterocycles. The van der Waals surface area contributed by atoms with E-state index in [-0.39, 0.29) is 19.1 Å². The number of phosphoric ester groups is 1. The molecule has 0 fully saturated rings. The minimum Gasteiger partial charge on any atom is -0.756 e. The van der Waals surface area contributed by atoms with Crippen LogP contribution < -0.4 is 10.2 Å². The maximum absolute atomic E-state index is 12.9. The molecule has 0 saturated carbocycles. The van der Waals surface area contributed by atoms with E-state index in [2.05, 4.69) is 31.3 Å². The Morgan fingerprint density at radius 1 is 0.557 bits per heavy atom. The van der Waals surface area contributed by atoms with Gasteiger partial charge in [-0.05, 0) is 38.5 Å². The zero-order valence-electron chi connectivity index (χ0n) is 41.4. The van der Waals surface area contributed by atoms with Crippen molar-refractivity contribution in [3.63, 3.8) is 0 Å². The highest BCUT2D eigenvalue weighted by Gasteiger charge is 2.24. The normalized spacial score (nSPS) is 14.1. The molecule has 1 amide bonds. The highest BCUT2D eigenvalue weighted by Crippen LogP contribution is 2.38. The number of nitrogens with zero attached hydrogens (tertiary/aromatic N) is 1. The molecule has 0 aliphatic heterocycles. The molecule has 0 rings (SSSR count). The van der Waals surface area contributed by atoms with Crippen LogP contribution in [0.3, 0.4) is 0 Å². The summed E-state index contributed by atoms with van der Waals surface area (Å²) in [5.74, 6) is -0.169. The van der Waals surface area contributed by atoms with E-state index in [1.54, 1.807) is 0 Å². The number of phosphoric acid groups is 1. The van der Waals surface area contributed by atoms with Crippen LogP contribution in [0.4, 0.5) is 0 Å². The van der Waals surface area contributed by atoms with Crippen LogP contribution in [0.5, 0.6) is 0 Å². The van der Waals surface area contributed by atoms with E-state index in [0.29, 0.717) is 23.9 Å². The second kappa shape index (κ2) is 44.4. The maximum Gasteiger partial charge on any atom is 0.268 e. The minimum absolute atomic E-state index is 0.0101. The molecule has 3 atom stereocenters. The van der Waals surface area contributed by atoms with Crippen LogP contribution in [0.25, 0.3) is 0 Å². The van der Waals surface area contributed by atoms with Gasteiger partial charge in [-0.2, -0.15) is 0 Å². The van der Waals surface area contributed by atoms with E-state index in [4.69, 9.17) is 9.05 Å². The summed E-state index contributed by atoms with van der Waals surface area (Å²) in [6.45, 7) is 4.74. The Bertz CT molecular complexity index is 1000. The summed E-state index contributed by atoms with van der Waals surface area (Å²) >= 11 is 0. The number of nitrogens with one attached hydrogen (secondary N) is 1. The van der Waals surface area contributed by atoms with Gasteiger partial charge in [-0.15, -0.1) is 0 Å². The fourth-order valence-electron chi connectivity index (χ4n) is 8.04. The molecule has 2 N–H and O–H groups in total. The van der Waals surface area contributed by atoms with E-state index in [1.807, 2.05) is 21.1 Å². The number of rotatable bonds is 49. The third-order valence-electron chi connectivity index (χ3n) is 12.3. The predicted octanol–water partition coefficient (Wildman–Crippen LogP) is 14.8. The molecule has 0 spiro atoms.